The van der Waals surface area contributed by atoms with Crippen molar-refractivity contribution >= 4 is 11.8 Å². The van der Waals surface area contributed by atoms with Gasteiger partial charge in [-0.25, -0.2) is 27.9 Å². The number of nitro groups is 1. The topological polar surface area (TPSA) is 116 Å². The Morgan fingerprint density at radius 2 is 2.07 bits per heavy atom. The fourth-order valence-corrected chi connectivity index (χ4v) is 2.92. The molecule has 1 unspecified atom stereocenters. The summed E-state index contributed by atoms with van der Waals surface area (Å²) in [5.41, 5.74) is -1.39. The summed E-state index contributed by atoms with van der Waals surface area (Å²) in [6.07, 6.45) is -0.193. The predicted octanol–water partition coefficient (Wildman–Crippen LogP) is 3.42. The molecule has 0 aliphatic carbocycles. The molecule has 2 aromatic rings. The zero-order valence-electron chi connectivity index (χ0n) is 16.4. The molecule has 0 saturated carbocycles. The van der Waals surface area contributed by atoms with Crippen LogP contribution in [0.4, 0.5) is 23.7 Å². The Labute approximate surface area is 168 Å². The van der Waals surface area contributed by atoms with Crippen molar-refractivity contribution in [2.45, 2.75) is 51.2 Å². The molecule has 0 radical (unpaired) electrons. The largest absolute Gasteiger partial charge is 0.444 e. The third-order valence-corrected chi connectivity index (χ3v) is 4.26. The smallest absolute Gasteiger partial charge is 0.410 e. The molecule has 13 heteroatoms. The number of amides is 1. The number of carbonyl (C=O) groups is 1. The van der Waals surface area contributed by atoms with E-state index in [1.165, 1.54) is 0 Å². The van der Waals surface area contributed by atoms with E-state index >= 15 is 0 Å². The van der Waals surface area contributed by atoms with Crippen LogP contribution in [0, 0.1) is 15.9 Å². The number of nitrogens with zero attached hydrogens (tertiary/aromatic N) is 6. The maximum atomic E-state index is 14.2. The van der Waals surface area contributed by atoms with Gasteiger partial charge in [-0.1, -0.05) is 0 Å². The molecule has 3 rings (SSSR count). The molecular formula is C17H19F3N6O4. The highest BCUT2D eigenvalue weighted by Gasteiger charge is 2.45. The van der Waals surface area contributed by atoms with Crippen molar-refractivity contribution < 1.29 is 27.6 Å². The standard InChI is InChI=1S/C17H19F3N6O4/c1-16(2,3)30-15(27)24-5-4-17(19,20)7-12(24)13-22-9-25(23-13)14-11(18)6-10(8-21-14)26(28)29/h6,8-9,12H,4-5,7H2,1-3H3. The average molecular weight is 428 g/mol. The van der Waals surface area contributed by atoms with Crippen LogP contribution >= 0.6 is 0 Å². The first-order valence-electron chi connectivity index (χ1n) is 8.96. The van der Waals surface area contributed by atoms with Crippen LogP contribution in [0.5, 0.6) is 0 Å². The van der Waals surface area contributed by atoms with Gasteiger partial charge in [0.25, 0.3) is 11.6 Å². The quantitative estimate of drug-likeness (QED) is 0.543. The second-order valence-corrected chi connectivity index (χ2v) is 7.80. The highest BCUT2D eigenvalue weighted by Crippen LogP contribution is 2.39. The molecule has 1 atom stereocenters. The van der Waals surface area contributed by atoms with Gasteiger partial charge < -0.3 is 4.74 Å². The fraction of sp³-hybridized carbons (Fsp3) is 0.529. The molecular weight excluding hydrogens is 409 g/mol. The number of alkyl halides is 2. The lowest BCUT2D eigenvalue weighted by atomic mass is 9.98. The Morgan fingerprint density at radius 1 is 1.37 bits per heavy atom. The number of piperidine rings is 1. The summed E-state index contributed by atoms with van der Waals surface area (Å²) in [6.45, 7) is 4.67. The molecule has 30 heavy (non-hydrogen) atoms. The van der Waals surface area contributed by atoms with Crippen LogP contribution in [-0.2, 0) is 4.74 Å². The van der Waals surface area contributed by atoms with Gasteiger partial charge in [0.2, 0.25) is 0 Å². The number of carbonyl (C=O) groups excluding carboxylic acids is 1. The van der Waals surface area contributed by atoms with Crippen LogP contribution in [0.2, 0.25) is 0 Å². The van der Waals surface area contributed by atoms with E-state index in [1.807, 2.05) is 0 Å². The molecule has 0 aromatic carbocycles. The minimum absolute atomic E-state index is 0.153. The van der Waals surface area contributed by atoms with E-state index in [0.717, 1.165) is 22.1 Å². The highest BCUT2D eigenvalue weighted by atomic mass is 19.3. The van der Waals surface area contributed by atoms with Crippen LogP contribution in [0.3, 0.4) is 0 Å². The monoisotopic (exact) mass is 428 g/mol. The number of rotatable bonds is 3. The molecule has 0 N–H and O–H groups in total. The number of aromatic nitrogens is 4. The fourth-order valence-electron chi connectivity index (χ4n) is 2.92. The van der Waals surface area contributed by atoms with Gasteiger partial charge in [-0.3, -0.25) is 15.0 Å². The Hall–Kier alpha value is -3.25. The molecule has 162 valence electrons. The van der Waals surface area contributed by atoms with E-state index in [4.69, 9.17) is 4.74 Å². The van der Waals surface area contributed by atoms with Crippen LogP contribution < -0.4 is 0 Å². The van der Waals surface area contributed by atoms with Crippen molar-refractivity contribution in [1.29, 1.82) is 0 Å². The zero-order valence-corrected chi connectivity index (χ0v) is 16.4. The van der Waals surface area contributed by atoms with Gasteiger partial charge in [0, 0.05) is 19.4 Å². The SMILES string of the molecule is CC(C)(C)OC(=O)N1CCC(F)(F)CC1c1ncn(-c2ncc([N+](=O)[O-])cc2F)n1. The zero-order chi connectivity index (χ0) is 22.3. The number of pyridine rings is 1. The van der Waals surface area contributed by atoms with Gasteiger partial charge in [0.05, 0.1) is 11.0 Å². The number of halogens is 3. The summed E-state index contributed by atoms with van der Waals surface area (Å²) >= 11 is 0. The first kappa shape index (κ1) is 21.5. The van der Waals surface area contributed by atoms with E-state index in [2.05, 4.69) is 15.1 Å². The van der Waals surface area contributed by atoms with Crippen LogP contribution in [0.25, 0.3) is 5.82 Å². The molecule has 0 bridgehead atoms. The van der Waals surface area contributed by atoms with E-state index in [0.29, 0.717) is 6.07 Å². The molecule has 1 amide bonds. The first-order valence-corrected chi connectivity index (χ1v) is 8.96. The molecule has 0 spiro atoms. The third-order valence-electron chi connectivity index (χ3n) is 4.26. The van der Waals surface area contributed by atoms with Gasteiger partial charge in [-0.2, -0.15) is 4.68 Å². The van der Waals surface area contributed by atoms with Gasteiger partial charge in [0.15, 0.2) is 17.5 Å². The Kier molecular flexibility index (Phi) is 5.39. The lowest BCUT2D eigenvalue weighted by Crippen LogP contribution is -2.47. The summed E-state index contributed by atoms with van der Waals surface area (Å²) in [5.74, 6) is -4.64. The number of hydrogen-bond donors (Lipinski definition) is 0. The third kappa shape index (κ3) is 4.66. The van der Waals surface area contributed by atoms with E-state index in [1.54, 1.807) is 20.8 Å². The van der Waals surface area contributed by atoms with Crippen LogP contribution in [-0.4, -0.2) is 53.7 Å². The van der Waals surface area contributed by atoms with Crippen molar-refractivity contribution in [1.82, 2.24) is 24.6 Å². The Bertz CT molecular complexity index is 975. The number of likely N-dealkylation sites (tertiary alicyclic amines) is 1. The maximum Gasteiger partial charge on any atom is 0.410 e. The molecule has 2 aromatic heterocycles. The summed E-state index contributed by atoms with van der Waals surface area (Å²) in [7, 11) is 0. The Balaban J connectivity index is 1.92. The second-order valence-electron chi connectivity index (χ2n) is 7.80. The van der Waals surface area contributed by atoms with Gasteiger partial charge >= 0.3 is 6.09 Å². The second kappa shape index (κ2) is 7.54. The lowest BCUT2D eigenvalue weighted by molar-refractivity contribution is -0.385. The van der Waals surface area contributed by atoms with E-state index < -0.39 is 58.7 Å². The van der Waals surface area contributed by atoms with Gasteiger partial charge in [0.1, 0.15) is 24.2 Å². The molecule has 1 aliphatic rings. The first-order chi connectivity index (χ1) is 13.9. The normalized spacial score (nSPS) is 18.9. The minimum Gasteiger partial charge on any atom is -0.444 e. The van der Waals surface area contributed by atoms with E-state index in [-0.39, 0.29) is 12.4 Å². The average Bonchev–Trinajstić information content (AvgIpc) is 3.08. The van der Waals surface area contributed by atoms with Crippen molar-refractivity contribution in [3.8, 4) is 5.82 Å². The molecule has 1 fully saturated rings. The van der Waals surface area contributed by atoms with Crippen molar-refractivity contribution in [3.05, 3.63) is 40.3 Å². The van der Waals surface area contributed by atoms with Crippen molar-refractivity contribution in [2.24, 2.45) is 0 Å². The highest BCUT2D eigenvalue weighted by molar-refractivity contribution is 5.69. The summed E-state index contributed by atoms with van der Waals surface area (Å²) in [6, 6.07) is -0.545. The summed E-state index contributed by atoms with van der Waals surface area (Å²) in [4.78, 5) is 31.1. The minimum atomic E-state index is -3.05. The molecule has 1 aliphatic heterocycles. The summed E-state index contributed by atoms with van der Waals surface area (Å²) in [5, 5.41) is 14.7. The van der Waals surface area contributed by atoms with Crippen LogP contribution in [0.1, 0.15) is 45.5 Å². The lowest BCUT2D eigenvalue weighted by Gasteiger charge is -2.38. The van der Waals surface area contributed by atoms with Gasteiger partial charge in [-0.05, 0) is 20.8 Å². The van der Waals surface area contributed by atoms with Crippen LogP contribution in [0.15, 0.2) is 18.6 Å². The van der Waals surface area contributed by atoms with E-state index in [9.17, 15) is 28.1 Å². The molecule has 3 heterocycles. The predicted molar refractivity (Wildman–Crippen MR) is 95.6 cm³/mol. The van der Waals surface area contributed by atoms with Crippen molar-refractivity contribution in [2.75, 3.05) is 6.54 Å². The number of ether oxygens (including phenoxy) is 1. The molecule has 10 nitrogen and oxygen atoms in total. The summed E-state index contributed by atoms with van der Waals surface area (Å²) < 4.78 is 48.5. The van der Waals surface area contributed by atoms with Gasteiger partial charge in [-0.15, -0.1) is 5.10 Å². The molecule has 1 saturated heterocycles. The maximum absolute atomic E-state index is 14.2. The van der Waals surface area contributed by atoms with Crippen molar-refractivity contribution in [3.63, 3.8) is 0 Å². The number of hydrogen-bond acceptors (Lipinski definition) is 7. The Morgan fingerprint density at radius 3 is 2.67 bits per heavy atom.